The Balaban J connectivity index is 1.66. The maximum atomic E-state index is 13.1. The number of rotatable bonds is 9. The van der Waals surface area contributed by atoms with Gasteiger partial charge in [0, 0.05) is 17.1 Å². The molecule has 0 spiro atoms. The van der Waals surface area contributed by atoms with Crippen molar-refractivity contribution in [1.29, 1.82) is 0 Å². The Morgan fingerprint density at radius 1 is 1.19 bits per heavy atom. The lowest BCUT2D eigenvalue weighted by Gasteiger charge is -2.29. The number of hydrogen-bond donors (Lipinski definition) is 1. The van der Waals surface area contributed by atoms with Gasteiger partial charge in [0.25, 0.3) is 5.91 Å². The van der Waals surface area contributed by atoms with Gasteiger partial charge in [-0.2, -0.15) is 0 Å². The molecule has 0 saturated heterocycles. The normalized spacial score (nSPS) is 14.8. The van der Waals surface area contributed by atoms with E-state index in [9.17, 15) is 9.59 Å². The van der Waals surface area contributed by atoms with Gasteiger partial charge in [-0.25, -0.2) is 0 Å². The average molecular weight is 508 g/mol. The van der Waals surface area contributed by atoms with Crippen molar-refractivity contribution in [2.75, 3.05) is 13.2 Å². The molecule has 2 aromatic carbocycles. The van der Waals surface area contributed by atoms with Crippen LogP contribution in [0.2, 0.25) is 5.02 Å². The molecule has 1 saturated carbocycles. The predicted octanol–water partition coefficient (Wildman–Crippen LogP) is 5.00. The van der Waals surface area contributed by atoms with Crippen molar-refractivity contribution >= 4 is 39.3 Å². The van der Waals surface area contributed by atoms with Crippen LogP contribution < -0.4 is 10.1 Å². The van der Waals surface area contributed by atoms with Crippen LogP contribution >= 0.6 is 27.5 Å². The fraction of sp³-hybridized carbons (Fsp3) is 0.417. The molecule has 0 aromatic heterocycles. The first-order chi connectivity index (χ1) is 14.9. The minimum absolute atomic E-state index is 0.116. The van der Waals surface area contributed by atoms with Gasteiger partial charge in [0.05, 0.1) is 5.02 Å². The first-order valence-electron chi connectivity index (χ1n) is 10.7. The van der Waals surface area contributed by atoms with Crippen molar-refractivity contribution in [3.63, 3.8) is 0 Å². The zero-order valence-electron chi connectivity index (χ0n) is 17.7. The van der Waals surface area contributed by atoms with Crippen LogP contribution in [0.3, 0.4) is 0 Å². The van der Waals surface area contributed by atoms with E-state index in [1.54, 1.807) is 30.0 Å². The van der Waals surface area contributed by atoms with Gasteiger partial charge in [-0.3, -0.25) is 9.59 Å². The van der Waals surface area contributed by atoms with Crippen molar-refractivity contribution in [2.45, 2.75) is 51.1 Å². The van der Waals surface area contributed by atoms with Crippen molar-refractivity contribution in [3.05, 3.63) is 63.6 Å². The second-order valence-electron chi connectivity index (χ2n) is 7.85. The van der Waals surface area contributed by atoms with Crippen LogP contribution in [0.5, 0.6) is 5.75 Å². The Hall–Kier alpha value is -2.05. The Morgan fingerprint density at radius 3 is 2.58 bits per heavy atom. The molecule has 31 heavy (non-hydrogen) atoms. The largest absolute Gasteiger partial charge is 0.482 e. The average Bonchev–Trinajstić information content (AvgIpc) is 3.27. The van der Waals surface area contributed by atoms with Crippen LogP contribution in [0.4, 0.5) is 0 Å². The first-order valence-corrected chi connectivity index (χ1v) is 11.8. The first kappa shape index (κ1) is 23.6. The molecule has 1 N–H and O–H groups in total. The number of carbonyl (C=O) groups is 2. The summed E-state index contributed by atoms with van der Waals surface area (Å²) in [7, 11) is 0. The van der Waals surface area contributed by atoms with Crippen molar-refractivity contribution in [2.24, 2.45) is 0 Å². The van der Waals surface area contributed by atoms with Gasteiger partial charge in [-0.1, -0.05) is 70.7 Å². The number of ether oxygens (including phenoxy) is 1. The summed E-state index contributed by atoms with van der Waals surface area (Å²) in [5, 5.41) is 3.52. The summed E-state index contributed by atoms with van der Waals surface area (Å²) in [6.45, 7) is 2.02. The topological polar surface area (TPSA) is 58.6 Å². The second-order valence-corrected chi connectivity index (χ2v) is 9.17. The second kappa shape index (κ2) is 11.5. The Bertz CT molecular complexity index is 888. The third-order valence-corrected chi connectivity index (χ3v) is 6.39. The highest BCUT2D eigenvalue weighted by Crippen LogP contribution is 2.27. The van der Waals surface area contributed by atoms with Gasteiger partial charge in [0.2, 0.25) is 5.91 Å². The van der Waals surface area contributed by atoms with Crippen molar-refractivity contribution in [3.8, 4) is 5.75 Å². The summed E-state index contributed by atoms with van der Waals surface area (Å²) < 4.78 is 6.51. The molecular formula is C24H28BrClN2O3. The maximum absolute atomic E-state index is 13.1. The van der Waals surface area contributed by atoms with E-state index in [-0.39, 0.29) is 24.5 Å². The van der Waals surface area contributed by atoms with E-state index in [1.807, 2.05) is 30.3 Å². The maximum Gasteiger partial charge on any atom is 0.261 e. The van der Waals surface area contributed by atoms with Crippen LogP contribution in [0.1, 0.15) is 38.2 Å². The standard InChI is InChI=1S/C24H28BrClN2O3/c1-17(24(30)27-20-9-5-6-10-20)28(14-13-18-7-3-2-4-8-18)23(29)16-31-22-12-11-19(25)15-21(22)26/h2-4,7-8,11-12,15,17,20H,5-6,9-10,13-14,16H2,1H3,(H,27,30)/t17-/m0/s1. The molecule has 2 amide bonds. The van der Waals surface area contributed by atoms with Gasteiger partial charge < -0.3 is 15.0 Å². The molecule has 1 fully saturated rings. The molecule has 1 aliphatic rings. The van der Waals surface area contributed by atoms with E-state index < -0.39 is 6.04 Å². The summed E-state index contributed by atoms with van der Waals surface area (Å²) in [5.41, 5.74) is 1.11. The predicted molar refractivity (Wildman–Crippen MR) is 126 cm³/mol. The lowest BCUT2D eigenvalue weighted by atomic mass is 10.1. The third-order valence-electron chi connectivity index (χ3n) is 5.60. The Kier molecular flexibility index (Phi) is 8.79. The van der Waals surface area contributed by atoms with Crippen molar-refractivity contribution in [1.82, 2.24) is 10.2 Å². The number of hydrogen-bond acceptors (Lipinski definition) is 3. The monoisotopic (exact) mass is 506 g/mol. The fourth-order valence-electron chi connectivity index (χ4n) is 3.78. The van der Waals surface area contributed by atoms with Crippen LogP contribution in [0.15, 0.2) is 53.0 Å². The molecular weight excluding hydrogens is 480 g/mol. The van der Waals surface area contributed by atoms with Crippen LogP contribution in [0, 0.1) is 0 Å². The Morgan fingerprint density at radius 2 is 1.90 bits per heavy atom. The van der Waals surface area contributed by atoms with Crippen LogP contribution in [-0.4, -0.2) is 41.9 Å². The highest BCUT2D eigenvalue weighted by atomic mass is 79.9. The minimum atomic E-state index is -0.583. The number of carbonyl (C=O) groups excluding carboxylic acids is 2. The van der Waals surface area contributed by atoms with Gasteiger partial charge >= 0.3 is 0 Å². The molecule has 3 rings (SSSR count). The zero-order valence-corrected chi connectivity index (χ0v) is 20.0. The zero-order chi connectivity index (χ0) is 22.2. The number of amides is 2. The summed E-state index contributed by atoms with van der Waals surface area (Å²) in [4.78, 5) is 27.5. The molecule has 0 radical (unpaired) electrons. The lowest BCUT2D eigenvalue weighted by molar-refractivity contribution is -0.141. The molecule has 7 heteroatoms. The molecule has 166 valence electrons. The number of nitrogens with zero attached hydrogens (tertiary/aromatic N) is 1. The fourth-order valence-corrected chi connectivity index (χ4v) is 4.50. The van der Waals surface area contributed by atoms with Gasteiger partial charge in [0.1, 0.15) is 11.8 Å². The van der Waals surface area contributed by atoms with E-state index in [2.05, 4.69) is 21.2 Å². The minimum Gasteiger partial charge on any atom is -0.482 e. The molecule has 5 nitrogen and oxygen atoms in total. The van der Waals surface area contributed by atoms with Crippen LogP contribution in [-0.2, 0) is 16.0 Å². The molecule has 2 aromatic rings. The molecule has 0 bridgehead atoms. The third kappa shape index (κ3) is 6.97. The van der Waals surface area contributed by atoms with Gasteiger partial charge in [0.15, 0.2) is 6.61 Å². The number of benzene rings is 2. The Labute approximate surface area is 197 Å². The van der Waals surface area contributed by atoms with E-state index in [0.717, 1.165) is 35.7 Å². The molecule has 0 heterocycles. The van der Waals surface area contributed by atoms with E-state index in [4.69, 9.17) is 16.3 Å². The van der Waals surface area contributed by atoms with Crippen LogP contribution in [0.25, 0.3) is 0 Å². The van der Waals surface area contributed by atoms with Crippen molar-refractivity contribution < 1.29 is 14.3 Å². The van der Waals surface area contributed by atoms with E-state index in [1.165, 1.54) is 0 Å². The number of halogens is 2. The molecule has 0 aliphatic heterocycles. The summed E-state index contributed by atoms with van der Waals surface area (Å²) >= 11 is 9.55. The van der Waals surface area contributed by atoms with Gasteiger partial charge in [-0.15, -0.1) is 0 Å². The van der Waals surface area contributed by atoms with E-state index in [0.29, 0.717) is 23.7 Å². The lowest BCUT2D eigenvalue weighted by Crippen LogP contribution is -2.51. The highest BCUT2D eigenvalue weighted by molar-refractivity contribution is 9.10. The molecule has 1 aliphatic carbocycles. The smallest absolute Gasteiger partial charge is 0.261 e. The quantitative estimate of drug-likeness (QED) is 0.520. The highest BCUT2D eigenvalue weighted by Gasteiger charge is 2.28. The molecule has 1 atom stereocenters. The summed E-state index contributed by atoms with van der Waals surface area (Å²) in [5.74, 6) is 0.0725. The molecule has 0 unspecified atom stereocenters. The SMILES string of the molecule is C[C@@H](C(=O)NC1CCCC1)N(CCc1ccccc1)C(=O)COc1ccc(Br)cc1Cl. The number of nitrogens with one attached hydrogen (secondary N) is 1. The summed E-state index contributed by atoms with van der Waals surface area (Å²) in [6.07, 6.45) is 4.94. The van der Waals surface area contributed by atoms with Gasteiger partial charge in [-0.05, 0) is 49.9 Å². The van der Waals surface area contributed by atoms with E-state index >= 15 is 0 Å². The summed E-state index contributed by atoms with van der Waals surface area (Å²) in [6, 6.07) is 14.8.